The fourth-order valence-corrected chi connectivity index (χ4v) is 3.73. The molecule has 0 aliphatic rings. The first kappa shape index (κ1) is 23.5. The standard InChI is InChI=1S/C28H32N4O2/c1-4-6-8-21-9-13-23(14-10-21)32-30-26-18-20(3)25(19-27(26)31-32)29-28(33)22-11-15-24(16-12-22)34-17-7-5-2/h9-16,18-19H,4-8,17H2,1-3H3,(H,29,33). The Bertz CT molecular complexity index is 1240. The van der Waals surface area contributed by atoms with E-state index in [2.05, 4.69) is 53.6 Å². The second kappa shape index (κ2) is 11.0. The number of carbonyl (C=O) groups excluding carboxylic acids is 1. The molecule has 4 rings (SSSR count). The van der Waals surface area contributed by atoms with Crippen molar-refractivity contribution < 1.29 is 9.53 Å². The van der Waals surface area contributed by atoms with Gasteiger partial charge in [-0.3, -0.25) is 4.79 Å². The molecule has 0 radical (unpaired) electrons. The average molecular weight is 457 g/mol. The second-order valence-electron chi connectivity index (χ2n) is 8.60. The van der Waals surface area contributed by atoms with Crippen LogP contribution >= 0.6 is 0 Å². The summed E-state index contributed by atoms with van der Waals surface area (Å²) in [6, 6.07) is 19.4. The number of aromatic nitrogens is 3. The van der Waals surface area contributed by atoms with E-state index in [1.165, 1.54) is 18.4 Å². The normalized spacial score (nSPS) is 11.0. The smallest absolute Gasteiger partial charge is 0.255 e. The molecule has 1 heterocycles. The summed E-state index contributed by atoms with van der Waals surface area (Å²) in [6.45, 7) is 6.97. The van der Waals surface area contributed by atoms with Crippen molar-refractivity contribution in [3.05, 3.63) is 77.4 Å². The van der Waals surface area contributed by atoms with Gasteiger partial charge < -0.3 is 10.1 Å². The molecule has 176 valence electrons. The zero-order valence-corrected chi connectivity index (χ0v) is 20.2. The SMILES string of the molecule is CCCCOc1ccc(C(=O)Nc2cc3nn(-c4ccc(CCCC)cc4)nc3cc2C)cc1. The van der Waals surface area contributed by atoms with Crippen molar-refractivity contribution in [3.8, 4) is 11.4 Å². The zero-order chi connectivity index (χ0) is 23.9. The van der Waals surface area contributed by atoms with Gasteiger partial charge in [-0.2, -0.15) is 4.80 Å². The Morgan fingerprint density at radius 1 is 0.912 bits per heavy atom. The Labute approximate surface area is 200 Å². The maximum absolute atomic E-state index is 12.8. The van der Waals surface area contributed by atoms with E-state index in [0.717, 1.165) is 53.0 Å². The van der Waals surface area contributed by atoms with Gasteiger partial charge in [0.15, 0.2) is 0 Å². The summed E-state index contributed by atoms with van der Waals surface area (Å²) in [5, 5.41) is 12.3. The van der Waals surface area contributed by atoms with Crippen LogP contribution in [0, 0.1) is 6.92 Å². The van der Waals surface area contributed by atoms with Gasteiger partial charge in [-0.15, -0.1) is 10.2 Å². The molecule has 6 nitrogen and oxygen atoms in total. The van der Waals surface area contributed by atoms with Crippen molar-refractivity contribution in [1.82, 2.24) is 15.0 Å². The largest absolute Gasteiger partial charge is 0.494 e. The first-order chi connectivity index (χ1) is 16.6. The molecule has 1 aromatic heterocycles. The van der Waals surface area contributed by atoms with Crippen molar-refractivity contribution in [3.63, 3.8) is 0 Å². The van der Waals surface area contributed by atoms with Gasteiger partial charge in [0.25, 0.3) is 5.91 Å². The monoisotopic (exact) mass is 456 g/mol. The highest BCUT2D eigenvalue weighted by Gasteiger charge is 2.12. The summed E-state index contributed by atoms with van der Waals surface area (Å²) in [4.78, 5) is 14.5. The number of aryl methyl sites for hydroxylation is 2. The van der Waals surface area contributed by atoms with E-state index in [1.807, 2.05) is 31.2 Å². The summed E-state index contributed by atoms with van der Waals surface area (Å²) >= 11 is 0. The molecule has 0 fully saturated rings. The maximum atomic E-state index is 12.8. The van der Waals surface area contributed by atoms with Gasteiger partial charge in [-0.1, -0.05) is 38.8 Å². The van der Waals surface area contributed by atoms with Crippen LogP contribution in [0.25, 0.3) is 16.7 Å². The van der Waals surface area contributed by atoms with Crippen LogP contribution < -0.4 is 10.1 Å². The number of benzene rings is 3. The van der Waals surface area contributed by atoms with Crippen LogP contribution in [0.4, 0.5) is 5.69 Å². The number of rotatable bonds is 10. The highest BCUT2D eigenvalue weighted by atomic mass is 16.5. The third kappa shape index (κ3) is 5.63. The molecule has 1 amide bonds. The van der Waals surface area contributed by atoms with E-state index in [0.29, 0.717) is 12.2 Å². The topological polar surface area (TPSA) is 69.0 Å². The highest BCUT2D eigenvalue weighted by molar-refractivity contribution is 6.05. The highest BCUT2D eigenvalue weighted by Crippen LogP contribution is 2.23. The molecular formula is C28H32N4O2. The lowest BCUT2D eigenvalue weighted by Gasteiger charge is -2.09. The number of nitrogens with zero attached hydrogens (tertiary/aromatic N) is 3. The fourth-order valence-electron chi connectivity index (χ4n) is 3.73. The second-order valence-corrected chi connectivity index (χ2v) is 8.60. The zero-order valence-electron chi connectivity index (χ0n) is 20.2. The lowest BCUT2D eigenvalue weighted by atomic mass is 10.1. The molecule has 34 heavy (non-hydrogen) atoms. The van der Waals surface area contributed by atoms with E-state index >= 15 is 0 Å². The Hall–Kier alpha value is -3.67. The molecule has 0 atom stereocenters. The first-order valence-electron chi connectivity index (χ1n) is 12.1. The number of hydrogen-bond acceptors (Lipinski definition) is 4. The summed E-state index contributed by atoms with van der Waals surface area (Å²) in [5.41, 5.74) is 6.00. The summed E-state index contributed by atoms with van der Waals surface area (Å²) < 4.78 is 5.68. The van der Waals surface area contributed by atoms with Gasteiger partial charge in [-0.05, 0) is 85.8 Å². The predicted molar refractivity (Wildman–Crippen MR) is 137 cm³/mol. The average Bonchev–Trinajstić information content (AvgIpc) is 3.26. The lowest BCUT2D eigenvalue weighted by molar-refractivity contribution is 0.102. The minimum atomic E-state index is -0.169. The Morgan fingerprint density at radius 3 is 2.26 bits per heavy atom. The van der Waals surface area contributed by atoms with Crippen molar-refractivity contribution in [2.45, 2.75) is 52.9 Å². The molecule has 1 N–H and O–H groups in total. The molecule has 0 bridgehead atoms. The molecule has 0 saturated heterocycles. The number of hydrogen-bond donors (Lipinski definition) is 1. The number of fused-ring (bicyclic) bond motifs is 1. The Kier molecular flexibility index (Phi) is 7.58. The van der Waals surface area contributed by atoms with Crippen molar-refractivity contribution >= 4 is 22.6 Å². The molecule has 3 aromatic carbocycles. The van der Waals surface area contributed by atoms with Crippen LogP contribution in [-0.4, -0.2) is 27.5 Å². The van der Waals surface area contributed by atoms with Crippen LogP contribution in [0.3, 0.4) is 0 Å². The van der Waals surface area contributed by atoms with Crippen LogP contribution in [0.15, 0.2) is 60.7 Å². The van der Waals surface area contributed by atoms with E-state index < -0.39 is 0 Å². The van der Waals surface area contributed by atoms with Crippen LogP contribution in [0.1, 0.15) is 61.0 Å². The van der Waals surface area contributed by atoms with Crippen molar-refractivity contribution in [2.75, 3.05) is 11.9 Å². The van der Waals surface area contributed by atoms with E-state index in [4.69, 9.17) is 4.74 Å². The number of carbonyl (C=O) groups is 1. The first-order valence-corrected chi connectivity index (χ1v) is 12.1. The molecule has 6 heteroatoms. The van der Waals surface area contributed by atoms with Gasteiger partial charge in [0, 0.05) is 11.3 Å². The van der Waals surface area contributed by atoms with Gasteiger partial charge in [0.05, 0.1) is 12.3 Å². The predicted octanol–water partition coefficient (Wildman–Crippen LogP) is 6.50. The van der Waals surface area contributed by atoms with Gasteiger partial charge >= 0.3 is 0 Å². The van der Waals surface area contributed by atoms with E-state index in [-0.39, 0.29) is 5.91 Å². The van der Waals surface area contributed by atoms with Crippen LogP contribution in [0.2, 0.25) is 0 Å². The quantitative estimate of drug-likeness (QED) is 0.276. The van der Waals surface area contributed by atoms with Gasteiger partial charge in [0.1, 0.15) is 16.8 Å². The maximum Gasteiger partial charge on any atom is 0.255 e. The molecule has 0 aliphatic carbocycles. The summed E-state index contributed by atoms with van der Waals surface area (Å²) in [5.74, 6) is 0.607. The number of nitrogens with one attached hydrogen (secondary N) is 1. The molecule has 0 aliphatic heterocycles. The molecule has 0 saturated carbocycles. The minimum Gasteiger partial charge on any atom is -0.494 e. The molecule has 4 aromatic rings. The van der Waals surface area contributed by atoms with Crippen LogP contribution in [-0.2, 0) is 6.42 Å². The lowest BCUT2D eigenvalue weighted by Crippen LogP contribution is -2.12. The Morgan fingerprint density at radius 2 is 1.59 bits per heavy atom. The van der Waals surface area contributed by atoms with Crippen LogP contribution in [0.5, 0.6) is 5.75 Å². The van der Waals surface area contributed by atoms with E-state index in [9.17, 15) is 4.79 Å². The Balaban J connectivity index is 1.48. The minimum absolute atomic E-state index is 0.169. The molecular weight excluding hydrogens is 424 g/mol. The summed E-state index contributed by atoms with van der Waals surface area (Å²) in [7, 11) is 0. The fraction of sp³-hybridized carbons (Fsp3) is 0.321. The van der Waals surface area contributed by atoms with Crippen molar-refractivity contribution in [2.24, 2.45) is 0 Å². The summed E-state index contributed by atoms with van der Waals surface area (Å²) in [6.07, 6.45) is 5.56. The third-order valence-electron chi connectivity index (χ3n) is 5.84. The van der Waals surface area contributed by atoms with E-state index in [1.54, 1.807) is 16.9 Å². The van der Waals surface area contributed by atoms with Crippen molar-refractivity contribution in [1.29, 1.82) is 0 Å². The number of ether oxygens (including phenoxy) is 1. The molecule has 0 spiro atoms. The number of amides is 1. The van der Waals surface area contributed by atoms with Gasteiger partial charge in [0.2, 0.25) is 0 Å². The van der Waals surface area contributed by atoms with Gasteiger partial charge in [-0.25, -0.2) is 0 Å². The third-order valence-corrected chi connectivity index (χ3v) is 5.84. The number of anilines is 1. The molecule has 0 unspecified atom stereocenters. The number of unbranched alkanes of at least 4 members (excludes halogenated alkanes) is 2.